The van der Waals surface area contributed by atoms with Crippen LogP contribution in [0, 0.1) is 5.82 Å². The van der Waals surface area contributed by atoms with Gasteiger partial charge in [-0.15, -0.1) is 0 Å². The number of carbonyl (C=O) groups is 1. The van der Waals surface area contributed by atoms with Gasteiger partial charge < -0.3 is 0 Å². The molecule has 2 aromatic rings. The Hall–Kier alpha value is -2.20. The summed E-state index contributed by atoms with van der Waals surface area (Å²) < 4.78 is 13.3. The van der Waals surface area contributed by atoms with Gasteiger partial charge in [-0.05, 0) is 24.3 Å². The lowest BCUT2D eigenvalue weighted by Crippen LogP contribution is -2.17. The van der Waals surface area contributed by atoms with E-state index >= 15 is 0 Å². The molecule has 96 valence electrons. The average Bonchev–Trinajstić information content (AvgIpc) is 2.41. The van der Waals surface area contributed by atoms with Gasteiger partial charge >= 0.3 is 0 Å². The maximum Gasteiger partial charge on any atom is 0.271 e. The predicted molar refractivity (Wildman–Crippen MR) is 72.9 cm³/mol. The predicted octanol–water partition coefficient (Wildman–Crippen LogP) is 3.24. The number of halogens is 2. The van der Waals surface area contributed by atoms with Crippen LogP contribution in [-0.4, -0.2) is 12.1 Å². The molecular formula is C14H10ClFN2O. The summed E-state index contributed by atoms with van der Waals surface area (Å²) in [5.41, 5.74) is 2.99. The number of amides is 1. The molecule has 3 nitrogen and oxygen atoms in total. The van der Waals surface area contributed by atoms with Gasteiger partial charge in [-0.3, -0.25) is 4.79 Å². The number of nitrogens with one attached hydrogen (secondary N) is 1. The van der Waals surface area contributed by atoms with Crippen LogP contribution in [0.3, 0.4) is 0 Å². The molecule has 0 aliphatic rings. The van der Waals surface area contributed by atoms with Crippen LogP contribution in [0.1, 0.15) is 15.9 Å². The Morgan fingerprint density at radius 2 is 2.00 bits per heavy atom. The Bertz CT molecular complexity index is 628. The lowest BCUT2D eigenvalue weighted by Gasteiger charge is -2.00. The summed E-state index contributed by atoms with van der Waals surface area (Å²) in [7, 11) is 0. The van der Waals surface area contributed by atoms with Gasteiger partial charge in [0, 0.05) is 16.1 Å². The van der Waals surface area contributed by atoms with Crippen molar-refractivity contribution in [3.05, 3.63) is 70.5 Å². The molecule has 0 spiro atoms. The molecule has 0 bridgehead atoms. The number of rotatable bonds is 3. The van der Waals surface area contributed by atoms with Crippen molar-refractivity contribution in [1.29, 1.82) is 0 Å². The van der Waals surface area contributed by atoms with Crippen molar-refractivity contribution in [1.82, 2.24) is 5.43 Å². The van der Waals surface area contributed by atoms with Gasteiger partial charge in [-0.2, -0.15) is 5.10 Å². The molecule has 1 N–H and O–H groups in total. The Balaban J connectivity index is 2.03. The highest BCUT2D eigenvalue weighted by atomic mass is 35.5. The van der Waals surface area contributed by atoms with E-state index in [4.69, 9.17) is 11.6 Å². The normalized spacial score (nSPS) is 10.6. The van der Waals surface area contributed by atoms with E-state index < -0.39 is 11.7 Å². The van der Waals surface area contributed by atoms with E-state index in [0.29, 0.717) is 16.1 Å². The molecule has 0 aromatic heterocycles. The zero-order valence-electron chi connectivity index (χ0n) is 9.81. The first-order chi connectivity index (χ1) is 9.16. The molecule has 0 unspecified atom stereocenters. The largest absolute Gasteiger partial charge is 0.271 e. The van der Waals surface area contributed by atoms with Crippen molar-refractivity contribution < 1.29 is 9.18 Å². The second kappa shape index (κ2) is 6.11. The highest BCUT2D eigenvalue weighted by molar-refractivity contribution is 6.30. The first kappa shape index (κ1) is 13.2. The fraction of sp³-hybridized carbons (Fsp3) is 0. The van der Waals surface area contributed by atoms with Crippen molar-refractivity contribution in [3.8, 4) is 0 Å². The van der Waals surface area contributed by atoms with Crippen LogP contribution < -0.4 is 5.43 Å². The van der Waals surface area contributed by atoms with E-state index in [1.165, 1.54) is 18.3 Å². The summed E-state index contributed by atoms with van der Waals surface area (Å²) in [6, 6.07) is 12.6. The van der Waals surface area contributed by atoms with Gasteiger partial charge in [0.15, 0.2) is 0 Å². The standard InChI is InChI=1S/C14H10ClFN2O/c15-12-6-3-5-10(8-12)14(19)18-17-9-11-4-1-2-7-13(11)16/h1-9H,(H,18,19)/b17-9+. The maximum absolute atomic E-state index is 13.3. The van der Waals surface area contributed by atoms with Crippen molar-refractivity contribution in [3.63, 3.8) is 0 Å². The van der Waals surface area contributed by atoms with E-state index in [1.54, 1.807) is 36.4 Å². The first-order valence-corrected chi connectivity index (χ1v) is 5.88. The second-order valence-electron chi connectivity index (χ2n) is 3.73. The van der Waals surface area contributed by atoms with Crippen molar-refractivity contribution >= 4 is 23.7 Å². The third-order valence-corrected chi connectivity index (χ3v) is 2.60. The molecule has 0 radical (unpaired) electrons. The minimum Gasteiger partial charge on any atom is -0.267 e. The number of hydrogen-bond acceptors (Lipinski definition) is 2. The summed E-state index contributed by atoms with van der Waals surface area (Å²) in [5.74, 6) is -0.807. The lowest BCUT2D eigenvalue weighted by atomic mass is 10.2. The van der Waals surface area contributed by atoms with E-state index in [9.17, 15) is 9.18 Å². The third-order valence-electron chi connectivity index (χ3n) is 2.36. The minimum atomic E-state index is -0.407. The fourth-order valence-corrected chi connectivity index (χ4v) is 1.62. The van der Waals surface area contributed by atoms with E-state index in [1.807, 2.05) is 0 Å². The molecule has 0 aliphatic carbocycles. The van der Waals surface area contributed by atoms with Crippen LogP contribution in [0.5, 0.6) is 0 Å². The fourth-order valence-electron chi connectivity index (χ4n) is 1.43. The highest BCUT2D eigenvalue weighted by Gasteiger charge is 2.04. The zero-order chi connectivity index (χ0) is 13.7. The van der Waals surface area contributed by atoms with Gasteiger partial charge in [-0.1, -0.05) is 35.9 Å². The van der Waals surface area contributed by atoms with Gasteiger partial charge in [0.05, 0.1) is 6.21 Å². The van der Waals surface area contributed by atoms with Crippen LogP contribution in [0.15, 0.2) is 53.6 Å². The Morgan fingerprint density at radius 3 is 2.74 bits per heavy atom. The summed E-state index contributed by atoms with van der Waals surface area (Å²) in [5, 5.41) is 4.16. The molecule has 0 aliphatic heterocycles. The molecule has 2 rings (SSSR count). The number of hydrazone groups is 1. The van der Waals surface area contributed by atoms with E-state index in [-0.39, 0.29) is 0 Å². The molecule has 0 heterocycles. The number of nitrogens with zero attached hydrogens (tertiary/aromatic N) is 1. The molecule has 19 heavy (non-hydrogen) atoms. The Labute approximate surface area is 114 Å². The quantitative estimate of drug-likeness (QED) is 0.679. The van der Waals surface area contributed by atoms with Crippen molar-refractivity contribution in [2.24, 2.45) is 5.10 Å². The van der Waals surface area contributed by atoms with Gasteiger partial charge in [0.25, 0.3) is 5.91 Å². The Morgan fingerprint density at radius 1 is 1.21 bits per heavy atom. The molecule has 0 atom stereocenters. The number of benzene rings is 2. The first-order valence-electron chi connectivity index (χ1n) is 5.50. The zero-order valence-corrected chi connectivity index (χ0v) is 10.6. The highest BCUT2D eigenvalue weighted by Crippen LogP contribution is 2.10. The Kier molecular flexibility index (Phi) is 4.26. The average molecular weight is 277 g/mol. The van der Waals surface area contributed by atoms with Gasteiger partial charge in [-0.25, -0.2) is 9.82 Å². The van der Waals surface area contributed by atoms with Crippen LogP contribution in [0.4, 0.5) is 4.39 Å². The summed E-state index contributed by atoms with van der Waals surface area (Å²) in [6.45, 7) is 0. The van der Waals surface area contributed by atoms with Gasteiger partial charge in [0.1, 0.15) is 5.82 Å². The van der Waals surface area contributed by atoms with Crippen LogP contribution >= 0.6 is 11.6 Å². The molecule has 0 saturated heterocycles. The van der Waals surface area contributed by atoms with Crippen LogP contribution in [-0.2, 0) is 0 Å². The molecule has 0 fully saturated rings. The van der Waals surface area contributed by atoms with E-state index in [0.717, 1.165) is 0 Å². The van der Waals surface area contributed by atoms with Crippen LogP contribution in [0.2, 0.25) is 5.02 Å². The second-order valence-corrected chi connectivity index (χ2v) is 4.17. The minimum absolute atomic E-state index is 0.300. The summed E-state index contributed by atoms with van der Waals surface area (Å²) in [4.78, 5) is 11.7. The topological polar surface area (TPSA) is 41.5 Å². The third kappa shape index (κ3) is 3.63. The van der Waals surface area contributed by atoms with Gasteiger partial charge in [0.2, 0.25) is 0 Å². The smallest absolute Gasteiger partial charge is 0.267 e. The summed E-state index contributed by atoms with van der Waals surface area (Å²) >= 11 is 5.77. The maximum atomic E-state index is 13.3. The molecule has 2 aromatic carbocycles. The monoisotopic (exact) mass is 276 g/mol. The van der Waals surface area contributed by atoms with E-state index in [2.05, 4.69) is 10.5 Å². The molecular weight excluding hydrogens is 267 g/mol. The number of carbonyl (C=O) groups excluding carboxylic acids is 1. The van der Waals surface area contributed by atoms with Crippen LogP contribution in [0.25, 0.3) is 0 Å². The number of hydrogen-bond donors (Lipinski definition) is 1. The van der Waals surface area contributed by atoms with Crippen molar-refractivity contribution in [2.75, 3.05) is 0 Å². The molecule has 1 amide bonds. The van der Waals surface area contributed by atoms with Crippen molar-refractivity contribution in [2.45, 2.75) is 0 Å². The summed E-state index contributed by atoms with van der Waals surface area (Å²) in [6.07, 6.45) is 1.25. The molecule has 0 saturated carbocycles. The SMILES string of the molecule is O=C(N/N=C/c1ccccc1F)c1cccc(Cl)c1. The lowest BCUT2D eigenvalue weighted by molar-refractivity contribution is 0.0955. The molecule has 5 heteroatoms.